The fourth-order valence-corrected chi connectivity index (χ4v) is 2.46. The van der Waals surface area contributed by atoms with Gasteiger partial charge in [-0.1, -0.05) is 0 Å². The van der Waals surface area contributed by atoms with E-state index in [1.807, 2.05) is 0 Å². The van der Waals surface area contributed by atoms with Gasteiger partial charge in [-0.15, -0.1) is 0 Å². The summed E-state index contributed by atoms with van der Waals surface area (Å²) in [5.41, 5.74) is -1.75. The van der Waals surface area contributed by atoms with Gasteiger partial charge in [0.05, 0.1) is 10.5 Å². The number of halogens is 4. The summed E-state index contributed by atoms with van der Waals surface area (Å²) in [6, 6.07) is -0.476. The van der Waals surface area contributed by atoms with Crippen molar-refractivity contribution < 1.29 is 35.9 Å². The van der Waals surface area contributed by atoms with Crippen molar-refractivity contribution in [2.75, 3.05) is 0 Å². The highest BCUT2D eigenvalue weighted by Crippen LogP contribution is 2.32. The number of hydrogen-bond acceptors (Lipinski definition) is 3. The molecule has 0 aromatic heterocycles. The molecule has 0 saturated heterocycles. The van der Waals surface area contributed by atoms with Crippen molar-refractivity contribution in [2.24, 2.45) is 0 Å². The fraction of sp³-hybridized carbons (Fsp3) is 0.300. The smallest absolute Gasteiger partial charge is 0.419 e. The SMILES string of the molecule is C[C@H](NS(=O)(=O)c1ccc(F)c(C(F)(F)F)c1)C(=O)O. The predicted octanol–water partition coefficient (Wildman–Crippen LogP) is 1.60. The van der Waals surface area contributed by atoms with Crippen LogP contribution in [-0.2, 0) is 21.0 Å². The third-order valence-electron chi connectivity index (χ3n) is 2.26. The Balaban J connectivity index is 3.24. The van der Waals surface area contributed by atoms with E-state index in [2.05, 4.69) is 0 Å². The molecule has 0 bridgehead atoms. The third-order valence-corrected chi connectivity index (χ3v) is 3.79. The van der Waals surface area contributed by atoms with Crippen molar-refractivity contribution in [1.82, 2.24) is 4.72 Å². The first-order valence-corrected chi connectivity index (χ1v) is 6.55. The Morgan fingerprint density at radius 2 is 1.90 bits per heavy atom. The van der Waals surface area contributed by atoms with Gasteiger partial charge in [-0.3, -0.25) is 4.79 Å². The molecule has 1 atom stereocenters. The predicted molar refractivity (Wildman–Crippen MR) is 58.8 cm³/mol. The molecular weight excluding hydrogens is 306 g/mol. The van der Waals surface area contributed by atoms with E-state index < -0.39 is 44.5 Å². The minimum atomic E-state index is -5.06. The first-order valence-electron chi connectivity index (χ1n) is 5.07. The van der Waals surface area contributed by atoms with E-state index in [1.54, 1.807) is 4.72 Å². The number of sulfonamides is 1. The lowest BCUT2D eigenvalue weighted by Gasteiger charge is -2.13. The van der Waals surface area contributed by atoms with Crippen LogP contribution in [0, 0.1) is 5.82 Å². The summed E-state index contributed by atoms with van der Waals surface area (Å²) in [7, 11) is -4.50. The normalized spacial score (nSPS) is 14.1. The van der Waals surface area contributed by atoms with E-state index >= 15 is 0 Å². The number of carboxylic acid groups (broad SMARTS) is 1. The van der Waals surface area contributed by atoms with E-state index in [1.165, 1.54) is 0 Å². The molecule has 112 valence electrons. The number of carboxylic acids is 1. The van der Waals surface area contributed by atoms with Crippen molar-refractivity contribution in [1.29, 1.82) is 0 Å². The molecule has 0 aliphatic rings. The van der Waals surface area contributed by atoms with E-state index in [-0.39, 0.29) is 6.07 Å². The Labute approximate surface area is 111 Å². The summed E-state index contributed by atoms with van der Waals surface area (Å²) in [6.45, 7) is 0.994. The molecule has 5 nitrogen and oxygen atoms in total. The molecular formula is C10H9F4NO4S. The Bertz CT molecular complexity index is 627. The Hall–Kier alpha value is -1.68. The van der Waals surface area contributed by atoms with Gasteiger partial charge in [0.25, 0.3) is 0 Å². The molecule has 0 spiro atoms. The average Bonchev–Trinajstić information content (AvgIpc) is 2.26. The van der Waals surface area contributed by atoms with Gasteiger partial charge in [-0.05, 0) is 25.1 Å². The van der Waals surface area contributed by atoms with Gasteiger partial charge in [0.1, 0.15) is 11.9 Å². The molecule has 0 unspecified atom stereocenters. The van der Waals surface area contributed by atoms with Crippen molar-refractivity contribution in [2.45, 2.75) is 24.0 Å². The van der Waals surface area contributed by atoms with Crippen LogP contribution in [0.1, 0.15) is 12.5 Å². The lowest BCUT2D eigenvalue weighted by Crippen LogP contribution is -2.38. The van der Waals surface area contributed by atoms with Gasteiger partial charge < -0.3 is 5.11 Å². The molecule has 0 aliphatic heterocycles. The monoisotopic (exact) mass is 315 g/mol. The van der Waals surface area contributed by atoms with Crippen molar-refractivity contribution in [3.63, 3.8) is 0 Å². The summed E-state index contributed by atoms with van der Waals surface area (Å²) >= 11 is 0. The maximum atomic E-state index is 13.0. The van der Waals surface area contributed by atoms with E-state index in [9.17, 15) is 30.8 Å². The fourth-order valence-electron chi connectivity index (χ4n) is 1.24. The van der Waals surface area contributed by atoms with Crippen LogP contribution in [0.4, 0.5) is 17.6 Å². The number of benzene rings is 1. The van der Waals surface area contributed by atoms with Crippen molar-refractivity contribution >= 4 is 16.0 Å². The lowest BCUT2D eigenvalue weighted by molar-refractivity contribution is -0.140. The number of rotatable bonds is 4. The van der Waals surface area contributed by atoms with E-state index in [0.717, 1.165) is 6.92 Å². The Morgan fingerprint density at radius 3 is 2.35 bits per heavy atom. The number of nitrogens with one attached hydrogen (secondary N) is 1. The van der Waals surface area contributed by atoms with Gasteiger partial charge in [-0.2, -0.15) is 17.9 Å². The van der Waals surface area contributed by atoms with Crippen LogP contribution in [0.2, 0.25) is 0 Å². The largest absolute Gasteiger partial charge is 0.480 e. The molecule has 0 amide bonds. The van der Waals surface area contributed by atoms with Crippen LogP contribution >= 0.6 is 0 Å². The molecule has 0 saturated carbocycles. The van der Waals surface area contributed by atoms with Gasteiger partial charge in [0.2, 0.25) is 10.0 Å². The Morgan fingerprint density at radius 1 is 1.35 bits per heavy atom. The molecule has 1 rings (SSSR count). The van der Waals surface area contributed by atoms with Crippen LogP contribution in [0.25, 0.3) is 0 Å². The number of aliphatic carboxylic acids is 1. The minimum Gasteiger partial charge on any atom is -0.480 e. The van der Waals surface area contributed by atoms with Crippen LogP contribution in [0.15, 0.2) is 23.1 Å². The molecule has 0 fully saturated rings. The highest BCUT2D eigenvalue weighted by atomic mass is 32.2. The van der Waals surface area contributed by atoms with Crippen molar-refractivity contribution in [3.05, 3.63) is 29.6 Å². The molecule has 0 radical (unpaired) electrons. The Kier molecular flexibility index (Phi) is 4.39. The van der Waals surface area contributed by atoms with Gasteiger partial charge in [0, 0.05) is 0 Å². The molecule has 0 heterocycles. The maximum absolute atomic E-state index is 13.0. The highest BCUT2D eigenvalue weighted by molar-refractivity contribution is 7.89. The number of alkyl halides is 3. The molecule has 10 heteroatoms. The van der Waals surface area contributed by atoms with Gasteiger partial charge in [-0.25, -0.2) is 12.8 Å². The zero-order chi connectivity index (χ0) is 15.7. The summed E-state index contributed by atoms with van der Waals surface area (Å²) in [5, 5.41) is 8.55. The minimum absolute atomic E-state index is 0.103. The second kappa shape index (κ2) is 5.37. The second-order valence-corrected chi connectivity index (χ2v) is 5.53. The maximum Gasteiger partial charge on any atom is 0.419 e. The van der Waals surface area contributed by atoms with E-state index in [4.69, 9.17) is 5.11 Å². The quantitative estimate of drug-likeness (QED) is 0.827. The van der Waals surface area contributed by atoms with Crippen molar-refractivity contribution in [3.8, 4) is 0 Å². The van der Waals surface area contributed by atoms with Gasteiger partial charge in [0.15, 0.2) is 0 Å². The summed E-state index contributed by atoms with van der Waals surface area (Å²) in [6.07, 6.45) is -5.06. The molecule has 1 aromatic carbocycles. The second-order valence-electron chi connectivity index (χ2n) is 3.82. The summed E-state index contributed by atoms with van der Waals surface area (Å²) in [5.74, 6) is -3.13. The average molecular weight is 315 g/mol. The lowest BCUT2D eigenvalue weighted by atomic mass is 10.2. The van der Waals surface area contributed by atoms with E-state index in [0.29, 0.717) is 12.1 Å². The summed E-state index contributed by atoms with van der Waals surface area (Å²) in [4.78, 5) is 9.65. The van der Waals surface area contributed by atoms with Crippen LogP contribution < -0.4 is 4.72 Å². The van der Waals surface area contributed by atoms with Crippen LogP contribution in [-0.4, -0.2) is 25.5 Å². The van der Waals surface area contributed by atoms with Crippen LogP contribution in [0.5, 0.6) is 0 Å². The third kappa shape index (κ3) is 3.67. The zero-order valence-electron chi connectivity index (χ0n) is 9.90. The molecule has 1 aromatic rings. The summed E-state index contributed by atoms with van der Waals surface area (Å²) < 4.78 is 75.4. The first kappa shape index (κ1) is 16.4. The zero-order valence-corrected chi connectivity index (χ0v) is 10.7. The highest BCUT2D eigenvalue weighted by Gasteiger charge is 2.35. The first-order chi connectivity index (χ1) is 8.95. The number of carbonyl (C=O) groups is 1. The van der Waals surface area contributed by atoms with Gasteiger partial charge >= 0.3 is 12.1 Å². The topological polar surface area (TPSA) is 83.5 Å². The molecule has 2 N–H and O–H groups in total. The number of hydrogen-bond donors (Lipinski definition) is 2. The van der Waals surface area contributed by atoms with Crippen LogP contribution in [0.3, 0.4) is 0 Å². The molecule has 0 aliphatic carbocycles. The standard InChI is InChI=1S/C10H9F4NO4S/c1-5(9(16)17)15-20(18,19)6-2-3-8(11)7(4-6)10(12,13)14/h2-5,15H,1H3,(H,16,17)/t5-/m0/s1. The molecule has 20 heavy (non-hydrogen) atoms.